The first kappa shape index (κ1) is 29.0. The molecular weight excluding hydrogens is 436 g/mol. The lowest BCUT2D eigenvalue weighted by Crippen LogP contribution is -2.02. The third-order valence-corrected chi connectivity index (χ3v) is 5.94. The van der Waals surface area contributed by atoms with Crippen molar-refractivity contribution in [2.75, 3.05) is 12.4 Å². The monoisotopic (exact) mass is 477 g/mol. The highest BCUT2D eigenvalue weighted by Crippen LogP contribution is 2.20. The zero-order chi connectivity index (χ0) is 24.4. The van der Waals surface area contributed by atoms with Crippen LogP contribution in [0.1, 0.15) is 90.5 Å². The molecule has 1 aromatic heterocycles. The quantitative estimate of drug-likeness (QED) is 0.213. The Labute approximate surface area is 201 Å². The number of rotatable bonds is 15. The maximum Gasteiger partial charge on any atom is 0.159 e. The van der Waals surface area contributed by atoms with Crippen molar-refractivity contribution < 1.29 is 17.7 Å². The summed E-state index contributed by atoms with van der Waals surface area (Å²) in [6, 6.07) is 8.06. The number of aryl methyl sites for hydroxylation is 1. The number of benzene rings is 1. The van der Waals surface area contributed by atoms with Crippen LogP contribution in [-0.2, 0) is 16.5 Å². The van der Waals surface area contributed by atoms with Crippen molar-refractivity contribution in [2.45, 2.75) is 91.4 Å². The molecule has 0 saturated heterocycles. The summed E-state index contributed by atoms with van der Waals surface area (Å²) < 4.78 is 35.2. The highest BCUT2D eigenvalue weighted by Gasteiger charge is 2.03. The molecule has 0 aliphatic heterocycles. The number of hydrogen-bond acceptors (Lipinski definition) is 6. The van der Waals surface area contributed by atoms with E-state index in [1.807, 2.05) is 43.6 Å². The van der Waals surface area contributed by atoms with Crippen molar-refractivity contribution >= 4 is 10.1 Å². The number of hydrogen-bond donors (Lipinski definition) is 0. The van der Waals surface area contributed by atoms with Crippen LogP contribution in [0.5, 0.6) is 5.75 Å². The van der Waals surface area contributed by atoms with Gasteiger partial charge in [-0.05, 0) is 55.5 Å². The molecule has 1 heterocycles. The maximum absolute atomic E-state index is 9.83. The Balaban J connectivity index is 0.000000582. The minimum atomic E-state index is -3.94. The second kappa shape index (κ2) is 17.5. The van der Waals surface area contributed by atoms with E-state index in [1.165, 1.54) is 44.1 Å². The van der Waals surface area contributed by atoms with Gasteiger partial charge in [0.1, 0.15) is 5.75 Å². The summed E-state index contributed by atoms with van der Waals surface area (Å²) in [4.78, 5) is 9.06. The van der Waals surface area contributed by atoms with Crippen LogP contribution in [0.4, 0.5) is 0 Å². The summed E-state index contributed by atoms with van der Waals surface area (Å²) in [7, 11) is -3.94. The lowest BCUT2D eigenvalue weighted by Gasteiger charge is -2.06. The molecule has 0 aliphatic carbocycles. The lowest BCUT2D eigenvalue weighted by atomic mass is 10.1. The van der Waals surface area contributed by atoms with Crippen LogP contribution in [0.15, 0.2) is 36.7 Å². The lowest BCUT2D eigenvalue weighted by molar-refractivity contribution is 0.309. The van der Waals surface area contributed by atoms with Crippen molar-refractivity contribution in [1.29, 1.82) is 0 Å². The smallest absolute Gasteiger partial charge is 0.159 e. The van der Waals surface area contributed by atoms with Crippen molar-refractivity contribution in [2.24, 2.45) is 0 Å². The van der Waals surface area contributed by atoms with Gasteiger partial charge in [0.25, 0.3) is 0 Å². The van der Waals surface area contributed by atoms with Gasteiger partial charge in [0, 0.05) is 23.7 Å². The molecule has 0 spiro atoms. The fourth-order valence-electron chi connectivity index (χ4n) is 3.10. The molecule has 0 radical (unpaired) electrons. The van der Waals surface area contributed by atoms with Gasteiger partial charge in [-0.2, -0.15) is 0 Å². The Morgan fingerprint density at radius 2 is 1.36 bits per heavy atom. The maximum atomic E-state index is 9.83. The molecule has 2 aromatic rings. The van der Waals surface area contributed by atoms with Crippen LogP contribution < -0.4 is 4.74 Å². The van der Waals surface area contributed by atoms with E-state index in [4.69, 9.17) is 4.74 Å². The molecule has 0 aliphatic rings. The molecule has 2 rings (SSSR count). The Kier molecular flexibility index (Phi) is 15.4. The second-order valence-corrected chi connectivity index (χ2v) is 9.80. The van der Waals surface area contributed by atoms with Crippen molar-refractivity contribution in [1.82, 2.24) is 9.97 Å². The van der Waals surface area contributed by atoms with Gasteiger partial charge < -0.3 is 9.29 Å². The Bertz CT molecular complexity index is 838. The first-order chi connectivity index (χ1) is 15.9. The Hall–Kier alpha value is -1.99. The van der Waals surface area contributed by atoms with Crippen molar-refractivity contribution in [3.63, 3.8) is 0 Å². The summed E-state index contributed by atoms with van der Waals surface area (Å²) in [5.74, 6) is 1.48. The normalized spacial score (nSPS) is 11.0. The molecule has 0 saturated carbocycles. The van der Waals surface area contributed by atoms with E-state index < -0.39 is 10.1 Å². The van der Waals surface area contributed by atoms with E-state index in [1.54, 1.807) is 0 Å². The third kappa shape index (κ3) is 14.7. The van der Waals surface area contributed by atoms with Crippen LogP contribution in [0, 0.1) is 0 Å². The average molecular weight is 478 g/mol. The standard InChI is InChI=1S/C22H32N2O.C4H10O3S/c1-3-5-7-8-9-10-11-19-17-23-22(24-18-19)20-12-14-21(15-13-20)25-16-6-4-2;1-2-3-4-8(5,6)7/h12-15,17-18H,3-11,16H2,1-2H3;2-4H2,1H3,(H,5,6,7)/p-1. The predicted octanol–water partition coefficient (Wildman–Crippen LogP) is 6.56. The fourth-order valence-corrected chi connectivity index (χ4v) is 3.74. The molecule has 1 aromatic carbocycles. The van der Waals surface area contributed by atoms with Gasteiger partial charge in [-0.1, -0.05) is 65.7 Å². The zero-order valence-corrected chi connectivity index (χ0v) is 21.4. The summed E-state index contributed by atoms with van der Waals surface area (Å²) in [6.45, 7) is 7.04. The van der Waals surface area contributed by atoms with Crippen molar-refractivity contribution in [3.05, 3.63) is 42.2 Å². The zero-order valence-electron chi connectivity index (χ0n) is 20.6. The summed E-state index contributed by atoms with van der Waals surface area (Å²) in [5.41, 5.74) is 2.27. The van der Waals surface area contributed by atoms with Gasteiger partial charge in [0.15, 0.2) is 5.82 Å². The van der Waals surface area contributed by atoms with Gasteiger partial charge in [0.05, 0.1) is 16.7 Å². The molecule has 0 atom stereocenters. The van der Waals surface area contributed by atoms with Crippen LogP contribution in [0.25, 0.3) is 11.4 Å². The minimum Gasteiger partial charge on any atom is -0.748 e. The second-order valence-electron chi connectivity index (χ2n) is 8.27. The number of unbranched alkanes of at least 4 members (excludes halogenated alkanes) is 7. The number of nitrogens with zero attached hydrogens (tertiary/aromatic N) is 2. The third-order valence-electron chi connectivity index (χ3n) is 5.15. The predicted molar refractivity (Wildman–Crippen MR) is 134 cm³/mol. The summed E-state index contributed by atoms with van der Waals surface area (Å²) in [5, 5.41) is 0. The average Bonchev–Trinajstić information content (AvgIpc) is 2.81. The molecule has 0 unspecified atom stereocenters. The van der Waals surface area contributed by atoms with E-state index >= 15 is 0 Å². The van der Waals surface area contributed by atoms with E-state index in [9.17, 15) is 13.0 Å². The van der Waals surface area contributed by atoms with Gasteiger partial charge in [-0.25, -0.2) is 18.4 Å². The van der Waals surface area contributed by atoms with Crippen molar-refractivity contribution in [3.8, 4) is 17.1 Å². The highest BCUT2D eigenvalue weighted by molar-refractivity contribution is 7.85. The highest BCUT2D eigenvalue weighted by atomic mass is 32.2. The first-order valence-electron chi connectivity index (χ1n) is 12.4. The topological polar surface area (TPSA) is 92.2 Å². The molecule has 186 valence electrons. The Morgan fingerprint density at radius 3 is 1.91 bits per heavy atom. The van der Waals surface area contributed by atoms with E-state index in [0.29, 0.717) is 6.42 Å². The number of ether oxygens (including phenoxy) is 1. The van der Waals surface area contributed by atoms with E-state index in [2.05, 4.69) is 23.8 Å². The van der Waals surface area contributed by atoms with Crippen LogP contribution >= 0.6 is 0 Å². The summed E-state index contributed by atoms with van der Waals surface area (Å²) in [6.07, 6.45) is 16.4. The van der Waals surface area contributed by atoms with Crippen LogP contribution in [0.2, 0.25) is 0 Å². The molecule has 0 N–H and O–H groups in total. The molecule has 0 bridgehead atoms. The molecule has 0 fully saturated rings. The van der Waals surface area contributed by atoms with E-state index in [-0.39, 0.29) is 5.75 Å². The fraction of sp³-hybridized carbons (Fsp3) is 0.615. The minimum absolute atomic E-state index is 0.219. The molecule has 0 amide bonds. The van der Waals surface area contributed by atoms with Crippen LogP contribution in [-0.4, -0.2) is 35.3 Å². The van der Waals surface area contributed by atoms with Gasteiger partial charge >= 0.3 is 0 Å². The van der Waals surface area contributed by atoms with Gasteiger partial charge in [-0.15, -0.1) is 0 Å². The van der Waals surface area contributed by atoms with Crippen LogP contribution in [0.3, 0.4) is 0 Å². The molecule has 6 nitrogen and oxygen atoms in total. The Morgan fingerprint density at radius 1 is 0.788 bits per heavy atom. The number of aromatic nitrogens is 2. The van der Waals surface area contributed by atoms with E-state index in [0.717, 1.165) is 49.4 Å². The molecular formula is C26H41N2O4S-. The molecule has 33 heavy (non-hydrogen) atoms. The summed E-state index contributed by atoms with van der Waals surface area (Å²) >= 11 is 0. The van der Waals surface area contributed by atoms with Gasteiger partial charge in [0.2, 0.25) is 0 Å². The largest absolute Gasteiger partial charge is 0.748 e. The molecule has 7 heteroatoms. The SMILES string of the molecule is CCCCCCCCc1cnc(-c2ccc(OCCCC)cc2)nc1.CCCCS(=O)(=O)[O-]. The first-order valence-corrected chi connectivity index (χ1v) is 13.9. The van der Waals surface area contributed by atoms with Gasteiger partial charge in [-0.3, -0.25) is 0 Å².